The minimum atomic E-state index is -0.622. The molecule has 0 saturated carbocycles. The smallest absolute Gasteiger partial charge is 0.194 e. The Morgan fingerprint density at radius 2 is 2.21 bits per heavy atom. The van der Waals surface area contributed by atoms with Crippen LogP contribution < -0.4 is 5.32 Å². The highest BCUT2D eigenvalue weighted by Crippen LogP contribution is 2.27. The quantitative estimate of drug-likeness (QED) is 0.312. The number of halogens is 2. The van der Waals surface area contributed by atoms with Crippen molar-refractivity contribution in [3.05, 3.63) is 21.3 Å². The zero-order valence-corrected chi connectivity index (χ0v) is 20.2. The Labute approximate surface area is 193 Å². The van der Waals surface area contributed by atoms with Gasteiger partial charge in [-0.05, 0) is 44.7 Å². The van der Waals surface area contributed by atoms with Gasteiger partial charge in [0.25, 0.3) is 0 Å². The molecule has 0 radical (unpaired) electrons. The number of hydrogen-bond donors (Lipinski definition) is 2. The molecule has 1 aromatic heterocycles. The predicted molar refractivity (Wildman–Crippen MR) is 125 cm³/mol. The summed E-state index contributed by atoms with van der Waals surface area (Å²) in [6, 6.07) is 3.66. The van der Waals surface area contributed by atoms with E-state index in [1.807, 2.05) is 6.07 Å². The fourth-order valence-corrected chi connectivity index (χ4v) is 4.49. The standard InChI is InChI=1S/C19H30ClN3O3S.HI/c1-2-21-19(22-12-16(24)17-5-6-18(20)27-17)23-9-7-14(8-10-23)26-13-15-4-3-11-25-15;/h5-6,14-16,24H,2-4,7-13H2,1H3,(H,21,22);1H. The van der Waals surface area contributed by atoms with Crippen LogP contribution in [0.5, 0.6) is 0 Å². The number of rotatable bonds is 7. The van der Waals surface area contributed by atoms with Crippen LogP contribution in [0.15, 0.2) is 17.1 Å². The van der Waals surface area contributed by atoms with Gasteiger partial charge in [-0.1, -0.05) is 11.6 Å². The lowest BCUT2D eigenvalue weighted by molar-refractivity contribution is -0.0367. The Balaban J connectivity index is 0.00000280. The van der Waals surface area contributed by atoms with E-state index in [4.69, 9.17) is 21.1 Å². The number of hydrogen-bond acceptors (Lipinski definition) is 5. The maximum absolute atomic E-state index is 10.3. The molecule has 2 saturated heterocycles. The summed E-state index contributed by atoms with van der Waals surface area (Å²) in [7, 11) is 0. The van der Waals surface area contributed by atoms with Gasteiger partial charge < -0.3 is 24.8 Å². The molecule has 28 heavy (non-hydrogen) atoms. The fourth-order valence-electron chi connectivity index (χ4n) is 3.45. The van der Waals surface area contributed by atoms with E-state index in [1.165, 1.54) is 11.3 Å². The van der Waals surface area contributed by atoms with Crippen LogP contribution in [0, 0.1) is 0 Å². The van der Waals surface area contributed by atoms with Crippen LogP contribution >= 0.6 is 46.9 Å². The van der Waals surface area contributed by atoms with Crippen molar-refractivity contribution >= 4 is 52.9 Å². The lowest BCUT2D eigenvalue weighted by Gasteiger charge is -2.34. The zero-order valence-electron chi connectivity index (χ0n) is 16.3. The number of aliphatic imine (C=N–C) groups is 1. The molecule has 2 N–H and O–H groups in total. The molecular weight excluding hydrogens is 513 g/mol. The van der Waals surface area contributed by atoms with Crippen molar-refractivity contribution in [2.45, 2.75) is 50.9 Å². The van der Waals surface area contributed by atoms with Gasteiger partial charge >= 0.3 is 0 Å². The third kappa shape index (κ3) is 7.28. The highest BCUT2D eigenvalue weighted by molar-refractivity contribution is 14.0. The molecule has 6 nitrogen and oxygen atoms in total. The number of likely N-dealkylation sites (tertiary alicyclic amines) is 1. The van der Waals surface area contributed by atoms with Gasteiger partial charge in [0, 0.05) is 31.1 Å². The van der Waals surface area contributed by atoms with Crippen molar-refractivity contribution in [2.75, 3.05) is 39.4 Å². The maximum Gasteiger partial charge on any atom is 0.194 e. The first-order valence-electron chi connectivity index (χ1n) is 9.85. The van der Waals surface area contributed by atoms with E-state index in [2.05, 4.69) is 22.1 Å². The second-order valence-corrected chi connectivity index (χ2v) is 8.75. The van der Waals surface area contributed by atoms with Crippen LogP contribution in [0.2, 0.25) is 4.34 Å². The van der Waals surface area contributed by atoms with Crippen molar-refractivity contribution in [3.8, 4) is 0 Å². The molecule has 2 aliphatic heterocycles. The van der Waals surface area contributed by atoms with Gasteiger partial charge in [0.05, 0.1) is 29.7 Å². The van der Waals surface area contributed by atoms with Crippen LogP contribution in [0.1, 0.15) is 43.6 Å². The van der Waals surface area contributed by atoms with Gasteiger partial charge in [-0.15, -0.1) is 35.3 Å². The first-order chi connectivity index (χ1) is 13.2. The SMILES string of the molecule is CCNC(=NCC(O)c1ccc(Cl)s1)N1CCC(OCC2CCCO2)CC1.I. The third-order valence-corrected chi connectivity index (χ3v) is 6.29. The largest absolute Gasteiger partial charge is 0.386 e. The molecule has 0 aliphatic carbocycles. The number of aliphatic hydroxyl groups is 1. The lowest BCUT2D eigenvalue weighted by atomic mass is 10.1. The van der Waals surface area contributed by atoms with E-state index >= 15 is 0 Å². The summed E-state index contributed by atoms with van der Waals surface area (Å²) in [5, 5.41) is 13.7. The van der Waals surface area contributed by atoms with Crippen LogP contribution in [0.3, 0.4) is 0 Å². The number of nitrogens with zero attached hydrogens (tertiary/aromatic N) is 2. The van der Waals surface area contributed by atoms with Gasteiger partial charge in [0.2, 0.25) is 0 Å². The second-order valence-electron chi connectivity index (χ2n) is 7.01. The second kappa shape index (κ2) is 12.5. The minimum Gasteiger partial charge on any atom is -0.386 e. The van der Waals surface area contributed by atoms with E-state index in [9.17, 15) is 5.11 Å². The van der Waals surface area contributed by atoms with Gasteiger partial charge in [0.1, 0.15) is 6.10 Å². The predicted octanol–water partition coefficient (Wildman–Crippen LogP) is 3.68. The summed E-state index contributed by atoms with van der Waals surface area (Å²) in [5.74, 6) is 0.858. The molecule has 0 aromatic carbocycles. The summed E-state index contributed by atoms with van der Waals surface area (Å²) in [5.41, 5.74) is 0. The van der Waals surface area contributed by atoms with Gasteiger partial charge in [0.15, 0.2) is 5.96 Å². The number of nitrogens with one attached hydrogen (secondary N) is 1. The molecule has 9 heteroatoms. The number of ether oxygens (including phenoxy) is 2. The molecule has 3 heterocycles. The van der Waals surface area contributed by atoms with Gasteiger partial charge in [-0.25, -0.2) is 0 Å². The molecule has 1 aromatic rings. The molecule has 2 fully saturated rings. The van der Waals surface area contributed by atoms with Crippen molar-refractivity contribution in [2.24, 2.45) is 4.99 Å². The minimum absolute atomic E-state index is 0. The van der Waals surface area contributed by atoms with Crippen molar-refractivity contribution in [3.63, 3.8) is 0 Å². The Morgan fingerprint density at radius 3 is 2.82 bits per heavy atom. The number of thiophene rings is 1. The van der Waals surface area contributed by atoms with Crippen LogP contribution in [-0.2, 0) is 9.47 Å². The number of piperidine rings is 1. The first kappa shape index (κ1) is 24.1. The Kier molecular flexibility index (Phi) is 10.8. The molecule has 2 aliphatic rings. The number of guanidine groups is 1. The zero-order chi connectivity index (χ0) is 19.1. The summed E-state index contributed by atoms with van der Waals surface area (Å²) in [6.07, 6.45) is 4.21. The van der Waals surface area contributed by atoms with Crippen molar-refractivity contribution in [1.29, 1.82) is 0 Å². The highest BCUT2D eigenvalue weighted by Gasteiger charge is 2.24. The molecule has 2 atom stereocenters. The number of aliphatic hydroxyl groups excluding tert-OH is 1. The maximum atomic E-state index is 10.3. The molecule has 3 rings (SSSR count). The average Bonchev–Trinajstić information content (AvgIpc) is 3.35. The van der Waals surface area contributed by atoms with E-state index in [-0.39, 0.29) is 30.1 Å². The Hall–Kier alpha value is -0.130. The molecule has 0 bridgehead atoms. The fraction of sp³-hybridized carbons (Fsp3) is 0.737. The normalized spacial score (nSPS) is 22.2. The van der Waals surface area contributed by atoms with Crippen LogP contribution in [-0.4, -0.2) is 67.6 Å². The topological polar surface area (TPSA) is 66.3 Å². The Morgan fingerprint density at radius 1 is 1.43 bits per heavy atom. The van der Waals surface area contributed by atoms with Crippen LogP contribution in [0.4, 0.5) is 0 Å². The van der Waals surface area contributed by atoms with E-state index in [0.717, 1.165) is 62.8 Å². The average molecular weight is 544 g/mol. The van der Waals surface area contributed by atoms with E-state index in [1.54, 1.807) is 6.07 Å². The third-order valence-electron chi connectivity index (χ3n) is 4.95. The molecule has 160 valence electrons. The summed E-state index contributed by atoms with van der Waals surface area (Å²) in [6.45, 7) is 6.59. The first-order valence-corrected chi connectivity index (χ1v) is 11.0. The van der Waals surface area contributed by atoms with Gasteiger partial charge in [-0.2, -0.15) is 0 Å². The highest BCUT2D eigenvalue weighted by atomic mass is 127. The Bertz CT molecular complexity index is 605. The lowest BCUT2D eigenvalue weighted by Crippen LogP contribution is -2.47. The summed E-state index contributed by atoms with van der Waals surface area (Å²) in [4.78, 5) is 7.74. The molecule has 0 amide bonds. The molecular formula is C19H31ClIN3O3S. The van der Waals surface area contributed by atoms with Crippen LogP contribution in [0.25, 0.3) is 0 Å². The molecule has 0 spiro atoms. The molecule has 2 unspecified atom stereocenters. The summed E-state index contributed by atoms with van der Waals surface area (Å²) >= 11 is 7.35. The van der Waals surface area contributed by atoms with E-state index in [0.29, 0.717) is 23.6 Å². The van der Waals surface area contributed by atoms with Gasteiger partial charge in [-0.3, -0.25) is 4.99 Å². The monoisotopic (exact) mass is 543 g/mol. The summed E-state index contributed by atoms with van der Waals surface area (Å²) < 4.78 is 12.4. The van der Waals surface area contributed by atoms with Crippen molar-refractivity contribution < 1.29 is 14.6 Å². The van der Waals surface area contributed by atoms with Crippen molar-refractivity contribution in [1.82, 2.24) is 10.2 Å². The van der Waals surface area contributed by atoms with E-state index < -0.39 is 6.10 Å².